The minimum absolute atomic E-state index is 0.130. The molecule has 0 bridgehead atoms. The lowest BCUT2D eigenvalue weighted by Crippen LogP contribution is -2.40. The van der Waals surface area contributed by atoms with Crippen LogP contribution in [-0.4, -0.2) is 39.0 Å². The summed E-state index contributed by atoms with van der Waals surface area (Å²) in [6.45, 7) is 3.59. The minimum atomic E-state index is -0.693. The van der Waals surface area contributed by atoms with Crippen molar-refractivity contribution in [2.24, 2.45) is 5.92 Å². The molecule has 1 saturated heterocycles. The maximum atomic E-state index is 11.0. The van der Waals surface area contributed by atoms with Crippen molar-refractivity contribution in [1.82, 2.24) is 14.9 Å². The van der Waals surface area contributed by atoms with Gasteiger partial charge in [-0.2, -0.15) is 0 Å². The number of nitrogens with zero attached hydrogens (tertiary/aromatic N) is 3. The Morgan fingerprint density at radius 3 is 3.06 bits per heavy atom. The van der Waals surface area contributed by atoms with Crippen LogP contribution in [0.5, 0.6) is 0 Å². The monoisotopic (exact) mass is 235 g/mol. The highest BCUT2D eigenvalue weighted by Crippen LogP contribution is 2.25. The zero-order valence-corrected chi connectivity index (χ0v) is 9.91. The highest BCUT2D eigenvalue weighted by molar-refractivity contribution is 5.70. The molecule has 0 spiro atoms. The third-order valence-electron chi connectivity index (χ3n) is 3.36. The van der Waals surface area contributed by atoms with Gasteiger partial charge in [0.25, 0.3) is 0 Å². The van der Waals surface area contributed by atoms with E-state index in [1.54, 1.807) is 18.6 Å². The normalized spacial score (nSPS) is 23.2. The Morgan fingerprint density at radius 2 is 2.41 bits per heavy atom. The number of carbonyl (C=O) groups is 1. The number of carboxylic acids is 1. The molecular formula is C12H17N3O2. The summed E-state index contributed by atoms with van der Waals surface area (Å²) >= 11 is 0. The highest BCUT2D eigenvalue weighted by atomic mass is 16.4. The molecule has 0 aliphatic carbocycles. The average Bonchev–Trinajstić information content (AvgIpc) is 2.39. The van der Waals surface area contributed by atoms with Gasteiger partial charge in [0.1, 0.15) is 0 Å². The maximum absolute atomic E-state index is 11.0. The zero-order chi connectivity index (χ0) is 12.3. The fourth-order valence-electron chi connectivity index (χ4n) is 2.27. The molecular weight excluding hydrogens is 218 g/mol. The first-order chi connectivity index (χ1) is 8.18. The minimum Gasteiger partial charge on any atom is -0.481 e. The van der Waals surface area contributed by atoms with Gasteiger partial charge in [0, 0.05) is 25.1 Å². The van der Waals surface area contributed by atoms with E-state index in [-0.39, 0.29) is 12.0 Å². The molecule has 1 aromatic rings. The van der Waals surface area contributed by atoms with E-state index in [1.165, 1.54) is 0 Å². The van der Waals surface area contributed by atoms with E-state index in [0.717, 1.165) is 25.1 Å². The molecule has 0 radical (unpaired) electrons. The third-order valence-corrected chi connectivity index (χ3v) is 3.36. The van der Waals surface area contributed by atoms with Crippen molar-refractivity contribution >= 4 is 5.97 Å². The van der Waals surface area contributed by atoms with Crippen molar-refractivity contribution in [2.75, 3.05) is 13.1 Å². The van der Waals surface area contributed by atoms with Crippen molar-refractivity contribution in [2.45, 2.75) is 25.8 Å². The summed E-state index contributed by atoms with van der Waals surface area (Å²) in [5.41, 5.74) is 0.901. The molecule has 0 aromatic carbocycles. The number of hydrogen-bond acceptors (Lipinski definition) is 4. The molecule has 92 valence electrons. The SMILES string of the molecule is C[C@@H](c1cnccn1)N1CCC[C@@H](C(=O)O)C1. The zero-order valence-electron chi connectivity index (χ0n) is 9.91. The molecule has 1 aromatic heterocycles. The van der Waals surface area contributed by atoms with E-state index in [0.29, 0.717) is 6.54 Å². The fourth-order valence-corrected chi connectivity index (χ4v) is 2.27. The van der Waals surface area contributed by atoms with E-state index in [1.807, 2.05) is 6.92 Å². The number of likely N-dealkylation sites (tertiary alicyclic amines) is 1. The predicted molar refractivity (Wildman–Crippen MR) is 62.4 cm³/mol. The second-order valence-electron chi connectivity index (χ2n) is 4.48. The van der Waals surface area contributed by atoms with Gasteiger partial charge in [0.15, 0.2) is 0 Å². The summed E-state index contributed by atoms with van der Waals surface area (Å²) in [6, 6.07) is 0.130. The summed E-state index contributed by atoms with van der Waals surface area (Å²) in [5, 5.41) is 9.05. The average molecular weight is 235 g/mol. The van der Waals surface area contributed by atoms with Crippen LogP contribution >= 0.6 is 0 Å². The molecule has 1 N–H and O–H groups in total. The van der Waals surface area contributed by atoms with Crippen molar-refractivity contribution in [3.63, 3.8) is 0 Å². The topological polar surface area (TPSA) is 66.3 Å². The lowest BCUT2D eigenvalue weighted by atomic mass is 9.96. The maximum Gasteiger partial charge on any atom is 0.307 e. The Kier molecular flexibility index (Phi) is 3.68. The summed E-state index contributed by atoms with van der Waals surface area (Å²) < 4.78 is 0. The Balaban J connectivity index is 2.05. The van der Waals surface area contributed by atoms with Crippen LogP contribution in [0.2, 0.25) is 0 Å². The molecule has 1 aliphatic rings. The number of carboxylic acid groups (broad SMARTS) is 1. The quantitative estimate of drug-likeness (QED) is 0.856. The second kappa shape index (κ2) is 5.23. The van der Waals surface area contributed by atoms with Crippen molar-refractivity contribution < 1.29 is 9.90 Å². The van der Waals surface area contributed by atoms with Crippen molar-refractivity contribution in [3.8, 4) is 0 Å². The Hall–Kier alpha value is -1.49. The van der Waals surface area contributed by atoms with Crippen LogP contribution in [0.25, 0.3) is 0 Å². The molecule has 5 nitrogen and oxygen atoms in total. The second-order valence-corrected chi connectivity index (χ2v) is 4.48. The van der Waals surface area contributed by atoms with Gasteiger partial charge in [-0.1, -0.05) is 0 Å². The molecule has 17 heavy (non-hydrogen) atoms. The number of hydrogen-bond donors (Lipinski definition) is 1. The van der Waals surface area contributed by atoms with Crippen LogP contribution in [0, 0.1) is 5.92 Å². The molecule has 0 unspecified atom stereocenters. The van der Waals surface area contributed by atoms with Gasteiger partial charge < -0.3 is 5.11 Å². The van der Waals surface area contributed by atoms with Crippen molar-refractivity contribution in [1.29, 1.82) is 0 Å². The van der Waals surface area contributed by atoms with E-state index in [9.17, 15) is 4.79 Å². The molecule has 2 rings (SSSR count). The molecule has 0 saturated carbocycles. The fraction of sp³-hybridized carbons (Fsp3) is 0.583. The molecule has 2 atom stereocenters. The number of rotatable bonds is 3. The van der Waals surface area contributed by atoms with Crippen LogP contribution in [0.4, 0.5) is 0 Å². The third kappa shape index (κ3) is 2.79. The predicted octanol–water partition coefficient (Wildman–Crippen LogP) is 1.33. The van der Waals surface area contributed by atoms with Gasteiger partial charge >= 0.3 is 5.97 Å². The van der Waals surface area contributed by atoms with Crippen LogP contribution < -0.4 is 0 Å². The Bertz CT molecular complexity index is 383. The van der Waals surface area contributed by atoms with Crippen LogP contribution in [0.15, 0.2) is 18.6 Å². The Labute approximate surface area is 100 Å². The van der Waals surface area contributed by atoms with Gasteiger partial charge in [-0.05, 0) is 26.3 Å². The lowest BCUT2D eigenvalue weighted by molar-refractivity contribution is -0.143. The summed E-state index contributed by atoms with van der Waals surface area (Å²) in [5.74, 6) is -0.941. The van der Waals surface area contributed by atoms with Gasteiger partial charge in [-0.3, -0.25) is 19.7 Å². The summed E-state index contributed by atoms with van der Waals surface area (Å²) in [7, 11) is 0. The van der Waals surface area contributed by atoms with Crippen molar-refractivity contribution in [3.05, 3.63) is 24.3 Å². The first-order valence-corrected chi connectivity index (χ1v) is 5.91. The number of aromatic nitrogens is 2. The first kappa shape index (κ1) is 12.0. The van der Waals surface area contributed by atoms with E-state index in [2.05, 4.69) is 14.9 Å². The van der Waals surface area contributed by atoms with E-state index in [4.69, 9.17) is 5.11 Å². The molecule has 0 amide bonds. The first-order valence-electron chi connectivity index (χ1n) is 5.91. The lowest BCUT2D eigenvalue weighted by Gasteiger charge is -2.34. The van der Waals surface area contributed by atoms with Gasteiger partial charge in [-0.15, -0.1) is 0 Å². The van der Waals surface area contributed by atoms with Gasteiger partial charge in [0.2, 0.25) is 0 Å². The smallest absolute Gasteiger partial charge is 0.307 e. The largest absolute Gasteiger partial charge is 0.481 e. The highest BCUT2D eigenvalue weighted by Gasteiger charge is 2.28. The summed E-state index contributed by atoms with van der Waals surface area (Å²) in [4.78, 5) is 21.5. The summed E-state index contributed by atoms with van der Waals surface area (Å²) in [6.07, 6.45) is 6.77. The molecule has 5 heteroatoms. The van der Waals surface area contributed by atoms with Crippen LogP contribution in [0.3, 0.4) is 0 Å². The van der Waals surface area contributed by atoms with Crippen LogP contribution in [-0.2, 0) is 4.79 Å². The van der Waals surface area contributed by atoms with Crippen LogP contribution in [0.1, 0.15) is 31.5 Å². The molecule has 1 aliphatic heterocycles. The van der Waals surface area contributed by atoms with E-state index >= 15 is 0 Å². The van der Waals surface area contributed by atoms with Gasteiger partial charge in [-0.25, -0.2) is 0 Å². The van der Waals surface area contributed by atoms with Gasteiger partial charge in [0.05, 0.1) is 17.7 Å². The number of aliphatic carboxylic acids is 1. The standard InChI is InChI=1S/C12H17N3O2/c1-9(11-7-13-4-5-14-11)15-6-2-3-10(8-15)12(16)17/h4-5,7,9-10H,2-3,6,8H2,1H3,(H,16,17)/t9-,10+/m0/s1. The molecule has 2 heterocycles. The van der Waals surface area contributed by atoms with E-state index < -0.39 is 5.97 Å². The number of piperidine rings is 1. The molecule has 1 fully saturated rings. The Morgan fingerprint density at radius 1 is 1.59 bits per heavy atom.